The normalized spacial score (nSPS) is 11.7. The zero-order valence-electron chi connectivity index (χ0n) is 32.0. The Morgan fingerprint density at radius 2 is 0.898 bits per heavy atom. The maximum Gasteiger partial charge on any atom is 0.160 e. The highest BCUT2D eigenvalue weighted by molar-refractivity contribution is 6.29. The summed E-state index contributed by atoms with van der Waals surface area (Å²) in [6.07, 6.45) is 0. The monoisotopic (exact) mass is 749 g/mol. The maximum absolute atomic E-state index is 5.22. The van der Waals surface area contributed by atoms with E-state index in [9.17, 15) is 0 Å². The van der Waals surface area contributed by atoms with Gasteiger partial charge in [-0.3, -0.25) is 0 Å². The molecule has 3 heteroatoms. The lowest BCUT2D eigenvalue weighted by Gasteiger charge is -2.16. The van der Waals surface area contributed by atoms with Gasteiger partial charge in [-0.25, -0.2) is 9.97 Å². The Hall–Kier alpha value is -7.88. The van der Waals surface area contributed by atoms with E-state index in [2.05, 4.69) is 193 Å². The van der Waals surface area contributed by atoms with Gasteiger partial charge in [0.05, 0.1) is 22.4 Å². The topological polar surface area (TPSA) is 30.7 Å². The summed E-state index contributed by atoms with van der Waals surface area (Å²) in [6.45, 7) is 0. The molecule has 0 saturated carbocycles. The molecular weight excluding hydrogens is 715 g/mol. The van der Waals surface area contributed by atoms with E-state index >= 15 is 0 Å². The van der Waals surface area contributed by atoms with Crippen LogP contribution in [0.4, 0.5) is 0 Å². The lowest BCUT2D eigenvalue weighted by atomic mass is 9.88. The van der Waals surface area contributed by atoms with Gasteiger partial charge in [0.2, 0.25) is 0 Å². The van der Waals surface area contributed by atoms with Gasteiger partial charge in [0.25, 0.3) is 0 Å². The molecule has 0 bridgehead atoms. The summed E-state index contributed by atoms with van der Waals surface area (Å²) in [5.41, 5.74) is 10.8. The number of nitrogens with zero attached hydrogens (tertiary/aromatic N) is 3. The van der Waals surface area contributed by atoms with E-state index in [1.54, 1.807) is 0 Å². The SMILES string of the molecule is c1ccc(-c2cc(-c3ccc4c5ccccc5c5cccc(-c6ccc7c(c6)c6ccccc6n7-c6ccc7ccccc7c6)c5c4c3)nc(-c3ccccc3)n2)cc1. The molecule has 10 aromatic carbocycles. The Morgan fingerprint density at radius 3 is 1.71 bits per heavy atom. The zero-order valence-corrected chi connectivity index (χ0v) is 32.0. The smallest absolute Gasteiger partial charge is 0.160 e. The zero-order chi connectivity index (χ0) is 38.9. The van der Waals surface area contributed by atoms with Crippen molar-refractivity contribution in [2.75, 3.05) is 0 Å². The molecule has 2 aromatic heterocycles. The molecule has 3 nitrogen and oxygen atoms in total. The minimum Gasteiger partial charge on any atom is -0.309 e. The van der Waals surface area contributed by atoms with Crippen molar-refractivity contribution < 1.29 is 0 Å². The van der Waals surface area contributed by atoms with E-state index < -0.39 is 0 Å². The molecule has 12 rings (SSSR count). The number of benzene rings is 10. The fourth-order valence-corrected chi connectivity index (χ4v) is 9.21. The lowest BCUT2D eigenvalue weighted by molar-refractivity contribution is 1.18. The summed E-state index contributed by atoms with van der Waals surface area (Å²) in [7, 11) is 0. The van der Waals surface area contributed by atoms with Gasteiger partial charge in [-0.05, 0) is 96.7 Å². The third kappa shape index (κ3) is 5.44. The van der Waals surface area contributed by atoms with E-state index in [-0.39, 0.29) is 0 Å². The number of para-hydroxylation sites is 1. The second-order valence-electron chi connectivity index (χ2n) is 15.3. The fourth-order valence-electron chi connectivity index (χ4n) is 9.21. The van der Waals surface area contributed by atoms with E-state index in [0.717, 1.165) is 33.8 Å². The van der Waals surface area contributed by atoms with Crippen LogP contribution >= 0.6 is 0 Å². The highest BCUT2D eigenvalue weighted by Crippen LogP contribution is 2.43. The van der Waals surface area contributed by atoms with Crippen LogP contribution in [0.3, 0.4) is 0 Å². The minimum atomic E-state index is 0.710. The summed E-state index contributed by atoms with van der Waals surface area (Å²) < 4.78 is 2.41. The second-order valence-corrected chi connectivity index (χ2v) is 15.3. The first-order valence-electron chi connectivity index (χ1n) is 20.2. The van der Waals surface area contributed by atoms with Gasteiger partial charge in [-0.1, -0.05) is 170 Å². The molecule has 0 aliphatic carbocycles. The molecule has 0 spiro atoms. The van der Waals surface area contributed by atoms with Crippen LogP contribution in [-0.4, -0.2) is 14.5 Å². The highest BCUT2D eigenvalue weighted by Gasteiger charge is 2.18. The summed E-state index contributed by atoms with van der Waals surface area (Å²) >= 11 is 0. The van der Waals surface area contributed by atoms with Gasteiger partial charge >= 0.3 is 0 Å². The molecule has 0 saturated heterocycles. The predicted molar refractivity (Wildman–Crippen MR) is 248 cm³/mol. The number of hydrogen-bond acceptors (Lipinski definition) is 2. The Balaban J connectivity index is 1.10. The van der Waals surface area contributed by atoms with E-state index in [0.29, 0.717) is 5.82 Å². The quantitative estimate of drug-likeness (QED) is 0.164. The van der Waals surface area contributed by atoms with Crippen molar-refractivity contribution >= 4 is 64.9 Å². The van der Waals surface area contributed by atoms with Crippen molar-refractivity contribution in [2.45, 2.75) is 0 Å². The van der Waals surface area contributed by atoms with Crippen molar-refractivity contribution in [1.29, 1.82) is 0 Å². The van der Waals surface area contributed by atoms with Crippen molar-refractivity contribution in [3.63, 3.8) is 0 Å². The van der Waals surface area contributed by atoms with Gasteiger partial charge in [0, 0.05) is 33.2 Å². The first-order chi connectivity index (χ1) is 29.2. The summed E-state index contributed by atoms with van der Waals surface area (Å²) in [5, 5.41) is 12.3. The van der Waals surface area contributed by atoms with Gasteiger partial charge < -0.3 is 4.57 Å². The van der Waals surface area contributed by atoms with Crippen LogP contribution in [0.15, 0.2) is 212 Å². The molecule has 12 aromatic rings. The number of aromatic nitrogens is 3. The van der Waals surface area contributed by atoms with Crippen molar-refractivity contribution in [1.82, 2.24) is 14.5 Å². The van der Waals surface area contributed by atoms with Crippen molar-refractivity contribution in [3.05, 3.63) is 212 Å². The molecule has 0 radical (unpaired) electrons. The third-order valence-electron chi connectivity index (χ3n) is 12.0. The largest absolute Gasteiger partial charge is 0.309 e. The summed E-state index contributed by atoms with van der Waals surface area (Å²) in [6, 6.07) is 76.4. The average molecular weight is 750 g/mol. The van der Waals surface area contributed by atoms with E-state index in [1.807, 2.05) is 24.3 Å². The first kappa shape index (κ1) is 33.3. The molecule has 59 heavy (non-hydrogen) atoms. The molecule has 0 unspecified atom stereocenters. The Kier molecular flexibility index (Phi) is 7.54. The molecule has 0 amide bonds. The Labute approximate surface area is 341 Å². The molecule has 274 valence electrons. The lowest BCUT2D eigenvalue weighted by Crippen LogP contribution is -1.96. The van der Waals surface area contributed by atoms with Gasteiger partial charge in [-0.2, -0.15) is 0 Å². The van der Waals surface area contributed by atoms with Gasteiger partial charge in [0.15, 0.2) is 5.82 Å². The minimum absolute atomic E-state index is 0.710. The molecule has 0 aliphatic heterocycles. The molecule has 0 N–H and O–H groups in total. The maximum atomic E-state index is 5.22. The van der Waals surface area contributed by atoms with Crippen LogP contribution in [-0.2, 0) is 0 Å². The van der Waals surface area contributed by atoms with Crippen LogP contribution in [0.1, 0.15) is 0 Å². The van der Waals surface area contributed by atoms with Gasteiger partial charge in [-0.15, -0.1) is 0 Å². The highest BCUT2D eigenvalue weighted by atomic mass is 15.0. The number of rotatable bonds is 5. The average Bonchev–Trinajstić information content (AvgIpc) is 3.65. The second kappa shape index (κ2) is 13.4. The predicted octanol–water partition coefficient (Wildman–Crippen LogP) is 14.9. The Bertz CT molecular complexity index is 3550. The molecule has 0 aliphatic rings. The van der Waals surface area contributed by atoms with Crippen LogP contribution in [0.25, 0.3) is 116 Å². The molecule has 2 heterocycles. The molecule has 0 atom stereocenters. The van der Waals surface area contributed by atoms with Gasteiger partial charge in [0.1, 0.15) is 0 Å². The van der Waals surface area contributed by atoms with Crippen LogP contribution in [0.2, 0.25) is 0 Å². The van der Waals surface area contributed by atoms with Crippen molar-refractivity contribution in [2.24, 2.45) is 0 Å². The Morgan fingerprint density at radius 1 is 0.305 bits per heavy atom. The standard InChI is InChI=1S/C56H35N3/c1-3-15-37(16-4-1)51-35-52(58-56(57-51)38-17-5-2-6-18-38)41-27-30-46-44-20-9-10-21-45(44)48-24-13-23-43(55(48)50(46)34-41)40-28-31-54-49(33-40)47-22-11-12-25-53(47)59(54)42-29-26-36-14-7-8-19-39(36)32-42/h1-35H. The van der Waals surface area contributed by atoms with Crippen LogP contribution < -0.4 is 0 Å². The van der Waals surface area contributed by atoms with Crippen molar-refractivity contribution in [3.8, 4) is 50.7 Å². The number of fused-ring (bicyclic) bond motifs is 10. The van der Waals surface area contributed by atoms with Crippen LogP contribution in [0, 0.1) is 0 Å². The van der Waals surface area contributed by atoms with E-state index in [1.165, 1.54) is 76.0 Å². The molecular formula is C56H35N3. The summed E-state index contributed by atoms with van der Waals surface area (Å²) in [5.74, 6) is 0.710. The first-order valence-corrected chi connectivity index (χ1v) is 20.2. The number of hydrogen-bond donors (Lipinski definition) is 0. The van der Waals surface area contributed by atoms with Crippen LogP contribution in [0.5, 0.6) is 0 Å². The third-order valence-corrected chi connectivity index (χ3v) is 12.0. The fraction of sp³-hybridized carbons (Fsp3) is 0. The molecule has 0 fully saturated rings. The summed E-state index contributed by atoms with van der Waals surface area (Å²) in [4.78, 5) is 10.3. The van der Waals surface area contributed by atoms with E-state index in [4.69, 9.17) is 9.97 Å².